The zero-order valence-corrected chi connectivity index (χ0v) is 15.6. The first-order chi connectivity index (χ1) is 12.5. The molecule has 1 amide bonds. The third-order valence-electron chi connectivity index (χ3n) is 4.58. The van der Waals surface area contributed by atoms with Crippen LogP contribution in [0.2, 0.25) is 0 Å². The molecule has 0 aromatic heterocycles. The molecule has 27 heavy (non-hydrogen) atoms. The molecular formula is C19H23ClN4O3. The average molecular weight is 391 g/mol. The van der Waals surface area contributed by atoms with Gasteiger partial charge in [0.05, 0.1) is 11.0 Å². The van der Waals surface area contributed by atoms with E-state index in [-0.39, 0.29) is 36.5 Å². The Balaban J connectivity index is 0.00000261. The number of aryl methyl sites for hydroxylation is 1. The molecule has 1 aliphatic carbocycles. The normalized spacial score (nSPS) is 15.2. The maximum Gasteiger partial charge on any atom is 0.292 e. The van der Waals surface area contributed by atoms with E-state index in [2.05, 4.69) is 10.6 Å². The summed E-state index contributed by atoms with van der Waals surface area (Å²) in [5, 5.41) is 17.0. The van der Waals surface area contributed by atoms with Gasteiger partial charge in [-0.25, -0.2) is 0 Å². The highest BCUT2D eigenvalue weighted by Crippen LogP contribution is 2.31. The number of hydrogen-bond acceptors (Lipinski definition) is 5. The fraction of sp³-hybridized carbons (Fsp3) is 0.316. The largest absolute Gasteiger partial charge is 0.399 e. The first-order valence-electron chi connectivity index (χ1n) is 8.69. The lowest BCUT2D eigenvalue weighted by atomic mass is 9.87. The number of fused-ring (bicyclic) bond motifs is 1. The summed E-state index contributed by atoms with van der Waals surface area (Å²) in [5.41, 5.74) is 9.33. The maximum atomic E-state index is 12.3. The fourth-order valence-electron chi connectivity index (χ4n) is 3.34. The minimum Gasteiger partial charge on any atom is -0.399 e. The lowest BCUT2D eigenvalue weighted by Crippen LogP contribution is -2.32. The summed E-state index contributed by atoms with van der Waals surface area (Å²) in [7, 11) is 0. The first-order valence-corrected chi connectivity index (χ1v) is 8.69. The minimum absolute atomic E-state index is 0. The van der Waals surface area contributed by atoms with Crippen LogP contribution in [0.15, 0.2) is 42.5 Å². The van der Waals surface area contributed by atoms with E-state index in [0.29, 0.717) is 12.2 Å². The summed E-state index contributed by atoms with van der Waals surface area (Å²) < 4.78 is 0. The number of nitrogens with zero attached hydrogens (tertiary/aromatic N) is 1. The number of benzene rings is 2. The number of nitro groups is 1. The SMILES string of the molecule is Cl.Nc1ccc2c(c1)CCCC2NC(=O)CCNc1ccccc1[N+](=O)[O-]. The van der Waals surface area contributed by atoms with Gasteiger partial charge >= 0.3 is 0 Å². The van der Waals surface area contributed by atoms with Crippen molar-refractivity contribution in [2.75, 3.05) is 17.6 Å². The van der Waals surface area contributed by atoms with Crippen molar-refractivity contribution in [3.05, 3.63) is 63.7 Å². The van der Waals surface area contributed by atoms with Crippen LogP contribution in [0.3, 0.4) is 0 Å². The topological polar surface area (TPSA) is 110 Å². The van der Waals surface area contributed by atoms with Crippen LogP contribution in [-0.2, 0) is 11.2 Å². The minimum atomic E-state index is -0.437. The summed E-state index contributed by atoms with van der Waals surface area (Å²) in [4.78, 5) is 22.8. The number of anilines is 2. The highest BCUT2D eigenvalue weighted by Gasteiger charge is 2.21. The second-order valence-electron chi connectivity index (χ2n) is 6.42. The predicted octanol–water partition coefficient (Wildman–Crippen LogP) is 3.59. The Labute approximate surface area is 163 Å². The Morgan fingerprint density at radius 2 is 2.04 bits per heavy atom. The molecule has 4 N–H and O–H groups in total. The van der Waals surface area contributed by atoms with E-state index >= 15 is 0 Å². The zero-order chi connectivity index (χ0) is 18.5. The number of rotatable bonds is 6. The number of hydrogen-bond donors (Lipinski definition) is 3. The predicted molar refractivity (Wildman–Crippen MR) is 108 cm³/mol. The van der Waals surface area contributed by atoms with Gasteiger partial charge in [0.15, 0.2) is 0 Å². The van der Waals surface area contributed by atoms with E-state index in [1.165, 1.54) is 11.6 Å². The number of carbonyl (C=O) groups excluding carboxylic acids is 1. The lowest BCUT2D eigenvalue weighted by molar-refractivity contribution is -0.384. The van der Waals surface area contributed by atoms with Gasteiger partial charge in [0.1, 0.15) is 5.69 Å². The molecule has 0 radical (unpaired) electrons. The van der Waals surface area contributed by atoms with E-state index in [4.69, 9.17) is 5.73 Å². The van der Waals surface area contributed by atoms with E-state index in [9.17, 15) is 14.9 Å². The van der Waals surface area contributed by atoms with Gasteiger partial charge < -0.3 is 16.4 Å². The molecular weight excluding hydrogens is 368 g/mol. The summed E-state index contributed by atoms with van der Waals surface area (Å²) in [6.45, 7) is 0.331. The van der Waals surface area contributed by atoms with Crippen molar-refractivity contribution in [1.29, 1.82) is 0 Å². The zero-order valence-electron chi connectivity index (χ0n) is 14.8. The van der Waals surface area contributed by atoms with Crippen LogP contribution in [-0.4, -0.2) is 17.4 Å². The second-order valence-corrected chi connectivity index (χ2v) is 6.42. The number of amides is 1. The van der Waals surface area contributed by atoms with Gasteiger partial charge in [-0.2, -0.15) is 0 Å². The molecule has 1 atom stereocenters. The van der Waals surface area contributed by atoms with E-state index < -0.39 is 4.92 Å². The molecule has 144 valence electrons. The molecule has 8 heteroatoms. The van der Waals surface area contributed by atoms with Crippen LogP contribution in [0.25, 0.3) is 0 Å². The molecule has 1 aliphatic rings. The molecule has 0 heterocycles. The Morgan fingerprint density at radius 3 is 2.81 bits per heavy atom. The molecule has 3 rings (SSSR count). The van der Waals surface area contributed by atoms with Gasteiger partial charge in [-0.15, -0.1) is 12.4 Å². The van der Waals surface area contributed by atoms with Crippen molar-refractivity contribution in [2.45, 2.75) is 31.7 Å². The van der Waals surface area contributed by atoms with Crippen molar-refractivity contribution in [3.8, 4) is 0 Å². The van der Waals surface area contributed by atoms with Gasteiger partial charge in [0, 0.05) is 24.7 Å². The fourth-order valence-corrected chi connectivity index (χ4v) is 3.34. The standard InChI is InChI=1S/C19H22N4O3.ClH/c20-14-8-9-15-13(12-14)4-3-6-16(15)22-19(24)10-11-21-17-5-1-2-7-18(17)23(25)26;/h1-2,5,7-9,12,16,21H,3-4,6,10-11,20H2,(H,22,24);1H. The van der Waals surface area contributed by atoms with Gasteiger partial charge in [-0.1, -0.05) is 18.2 Å². The maximum absolute atomic E-state index is 12.3. The lowest BCUT2D eigenvalue weighted by Gasteiger charge is -2.26. The number of halogens is 1. The van der Waals surface area contributed by atoms with E-state index in [1.54, 1.807) is 18.2 Å². The van der Waals surface area contributed by atoms with Crippen LogP contribution in [0, 0.1) is 10.1 Å². The molecule has 0 saturated heterocycles. The van der Waals surface area contributed by atoms with Gasteiger partial charge in [-0.3, -0.25) is 14.9 Å². The monoisotopic (exact) mass is 390 g/mol. The van der Waals surface area contributed by atoms with Crippen molar-refractivity contribution < 1.29 is 9.72 Å². The summed E-state index contributed by atoms with van der Waals surface area (Å²) >= 11 is 0. The molecule has 2 aromatic rings. The van der Waals surface area contributed by atoms with Crippen molar-refractivity contribution in [1.82, 2.24) is 5.32 Å². The molecule has 1 unspecified atom stereocenters. The number of nitrogens with one attached hydrogen (secondary N) is 2. The molecule has 7 nitrogen and oxygen atoms in total. The van der Waals surface area contributed by atoms with Crippen molar-refractivity contribution in [2.24, 2.45) is 0 Å². The van der Waals surface area contributed by atoms with Gasteiger partial charge in [0.25, 0.3) is 5.69 Å². The third kappa shape index (κ3) is 5.10. The Hall–Kier alpha value is -2.80. The Kier molecular flexibility index (Phi) is 7.01. The molecule has 0 saturated carbocycles. The van der Waals surface area contributed by atoms with E-state index in [1.807, 2.05) is 18.2 Å². The summed E-state index contributed by atoms with van der Waals surface area (Å²) in [5.74, 6) is -0.0780. The smallest absolute Gasteiger partial charge is 0.292 e. The number of nitrogen functional groups attached to an aromatic ring is 1. The van der Waals surface area contributed by atoms with Crippen LogP contribution in [0.5, 0.6) is 0 Å². The highest BCUT2D eigenvalue weighted by molar-refractivity contribution is 5.85. The molecule has 0 bridgehead atoms. The van der Waals surface area contributed by atoms with E-state index in [0.717, 1.165) is 30.5 Å². The molecule has 0 fully saturated rings. The molecule has 0 aliphatic heterocycles. The van der Waals surface area contributed by atoms with Gasteiger partial charge in [-0.05, 0) is 48.6 Å². The number of carbonyl (C=O) groups is 1. The molecule has 2 aromatic carbocycles. The quantitative estimate of drug-likeness (QED) is 0.396. The second kappa shape index (κ2) is 9.23. The Bertz CT molecular complexity index is 828. The van der Waals surface area contributed by atoms with Crippen LogP contribution in [0.4, 0.5) is 17.1 Å². The van der Waals surface area contributed by atoms with Crippen molar-refractivity contribution >= 4 is 35.4 Å². The van der Waals surface area contributed by atoms with Crippen LogP contribution >= 0.6 is 12.4 Å². The number of nitro benzene ring substituents is 1. The van der Waals surface area contributed by atoms with Crippen molar-refractivity contribution in [3.63, 3.8) is 0 Å². The summed E-state index contributed by atoms with van der Waals surface area (Å²) in [6.07, 6.45) is 3.13. The van der Waals surface area contributed by atoms with Crippen LogP contribution in [0.1, 0.15) is 36.4 Å². The summed E-state index contributed by atoms with van der Waals surface area (Å²) in [6, 6.07) is 12.2. The van der Waals surface area contributed by atoms with Crippen LogP contribution < -0.4 is 16.4 Å². The number of para-hydroxylation sites is 2. The third-order valence-corrected chi connectivity index (χ3v) is 4.58. The Morgan fingerprint density at radius 1 is 1.26 bits per heavy atom. The number of nitrogens with two attached hydrogens (primary N) is 1. The average Bonchev–Trinajstić information content (AvgIpc) is 2.62. The highest BCUT2D eigenvalue weighted by atomic mass is 35.5. The molecule has 0 spiro atoms. The first kappa shape index (κ1) is 20.5. The van der Waals surface area contributed by atoms with Gasteiger partial charge in [0.2, 0.25) is 5.91 Å².